The van der Waals surface area contributed by atoms with Crippen LogP contribution in [0.4, 0.5) is 0 Å². The maximum atomic E-state index is 5.84. The van der Waals surface area contributed by atoms with E-state index >= 15 is 0 Å². The average Bonchev–Trinajstić information content (AvgIpc) is 2.23. The van der Waals surface area contributed by atoms with Gasteiger partial charge >= 0.3 is 0 Å². The normalized spacial score (nSPS) is 22.3. The highest BCUT2D eigenvalue weighted by Crippen LogP contribution is 2.27. The standard InChI is InChI=1S/C10H12BrClN2/c11-8-5-7(6-14-10(8)12)9-3-1-2-4-13-9/h5-6,9,13H,1-4H2. The molecule has 0 aromatic carbocycles. The summed E-state index contributed by atoms with van der Waals surface area (Å²) in [6.45, 7) is 1.10. The van der Waals surface area contributed by atoms with Crippen molar-refractivity contribution in [2.75, 3.05) is 6.54 Å². The Kier molecular flexibility index (Phi) is 3.42. The Labute approximate surface area is 97.2 Å². The van der Waals surface area contributed by atoms with Gasteiger partial charge in [0.25, 0.3) is 0 Å². The van der Waals surface area contributed by atoms with E-state index in [4.69, 9.17) is 11.6 Å². The van der Waals surface area contributed by atoms with Gasteiger partial charge in [-0.3, -0.25) is 0 Å². The van der Waals surface area contributed by atoms with Crippen LogP contribution in [0.15, 0.2) is 16.7 Å². The van der Waals surface area contributed by atoms with Crippen molar-refractivity contribution in [3.05, 3.63) is 27.5 Å². The van der Waals surface area contributed by atoms with Crippen LogP contribution in [-0.4, -0.2) is 11.5 Å². The Morgan fingerprint density at radius 1 is 1.50 bits per heavy atom. The van der Waals surface area contributed by atoms with Crippen molar-refractivity contribution in [3.63, 3.8) is 0 Å². The molecule has 1 atom stereocenters. The lowest BCUT2D eigenvalue weighted by atomic mass is 9.99. The van der Waals surface area contributed by atoms with Crippen LogP contribution in [-0.2, 0) is 0 Å². The zero-order chi connectivity index (χ0) is 9.97. The van der Waals surface area contributed by atoms with Gasteiger partial charge in [-0.05, 0) is 46.9 Å². The zero-order valence-corrected chi connectivity index (χ0v) is 10.1. The zero-order valence-electron chi connectivity index (χ0n) is 7.76. The lowest BCUT2D eigenvalue weighted by Gasteiger charge is -2.23. The SMILES string of the molecule is Clc1ncc(C2CCCCN2)cc1Br. The molecule has 1 aliphatic rings. The molecule has 0 aliphatic carbocycles. The van der Waals surface area contributed by atoms with Gasteiger partial charge < -0.3 is 5.32 Å². The van der Waals surface area contributed by atoms with E-state index in [0.29, 0.717) is 11.2 Å². The summed E-state index contributed by atoms with van der Waals surface area (Å²) in [6, 6.07) is 2.50. The number of nitrogens with zero attached hydrogens (tertiary/aromatic N) is 1. The van der Waals surface area contributed by atoms with Crippen LogP contribution >= 0.6 is 27.5 Å². The predicted molar refractivity (Wildman–Crippen MR) is 61.5 cm³/mol. The second-order valence-corrected chi connectivity index (χ2v) is 4.76. The predicted octanol–water partition coefficient (Wildman–Crippen LogP) is 3.31. The minimum absolute atomic E-state index is 0.449. The van der Waals surface area contributed by atoms with Gasteiger partial charge in [-0.2, -0.15) is 0 Å². The van der Waals surface area contributed by atoms with E-state index in [9.17, 15) is 0 Å². The number of aromatic nitrogens is 1. The first-order valence-electron chi connectivity index (χ1n) is 4.81. The van der Waals surface area contributed by atoms with Crippen LogP contribution in [0.5, 0.6) is 0 Å². The average molecular weight is 276 g/mol. The van der Waals surface area contributed by atoms with E-state index in [-0.39, 0.29) is 0 Å². The van der Waals surface area contributed by atoms with Crippen molar-refractivity contribution in [2.45, 2.75) is 25.3 Å². The molecule has 1 aliphatic heterocycles. The first kappa shape index (κ1) is 10.4. The minimum Gasteiger partial charge on any atom is -0.310 e. The molecule has 0 spiro atoms. The molecular formula is C10H12BrClN2. The molecule has 0 saturated carbocycles. The molecule has 2 nitrogen and oxygen atoms in total. The molecule has 4 heteroatoms. The van der Waals surface area contributed by atoms with Gasteiger partial charge in [0.05, 0.1) is 4.47 Å². The summed E-state index contributed by atoms with van der Waals surface area (Å²) in [5.74, 6) is 0. The van der Waals surface area contributed by atoms with Gasteiger partial charge in [0, 0.05) is 12.2 Å². The second-order valence-electron chi connectivity index (χ2n) is 3.54. The smallest absolute Gasteiger partial charge is 0.143 e. The van der Waals surface area contributed by atoms with Crippen LogP contribution in [0.3, 0.4) is 0 Å². The fraction of sp³-hybridized carbons (Fsp3) is 0.500. The molecule has 2 heterocycles. The molecule has 1 aromatic rings. The van der Waals surface area contributed by atoms with E-state index in [1.807, 2.05) is 6.20 Å². The maximum absolute atomic E-state index is 5.84. The third kappa shape index (κ3) is 2.27. The lowest BCUT2D eigenvalue weighted by molar-refractivity contribution is 0.411. The molecule has 76 valence electrons. The van der Waals surface area contributed by atoms with Crippen LogP contribution in [0.1, 0.15) is 30.9 Å². The third-order valence-electron chi connectivity index (χ3n) is 2.53. The number of piperidine rings is 1. The topological polar surface area (TPSA) is 24.9 Å². The Balaban J connectivity index is 2.18. The van der Waals surface area contributed by atoms with E-state index in [1.54, 1.807) is 0 Å². The summed E-state index contributed by atoms with van der Waals surface area (Å²) in [6.07, 6.45) is 5.61. The van der Waals surface area contributed by atoms with Crippen molar-refractivity contribution >= 4 is 27.5 Å². The van der Waals surface area contributed by atoms with E-state index in [0.717, 1.165) is 11.0 Å². The quantitative estimate of drug-likeness (QED) is 0.796. The summed E-state index contributed by atoms with van der Waals surface area (Å²) in [5, 5.41) is 4.01. The molecule has 1 aromatic heterocycles. The highest BCUT2D eigenvalue weighted by atomic mass is 79.9. The Morgan fingerprint density at radius 3 is 3.00 bits per heavy atom. The molecule has 1 N–H and O–H groups in total. The molecule has 0 amide bonds. The first-order valence-corrected chi connectivity index (χ1v) is 5.99. The van der Waals surface area contributed by atoms with Crippen molar-refractivity contribution in [1.29, 1.82) is 0 Å². The summed E-state index contributed by atoms with van der Waals surface area (Å²) >= 11 is 9.23. The highest BCUT2D eigenvalue weighted by molar-refractivity contribution is 9.10. The van der Waals surface area contributed by atoms with Gasteiger partial charge in [-0.25, -0.2) is 4.98 Å². The van der Waals surface area contributed by atoms with Crippen LogP contribution in [0, 0.1) is 0 Å². The Hall–Kier alpha value is -0.120. The molecular weight excluding hydrogens is 263 g/mol. The minimum atomic E-state index is 0.449. The monoisotopic (exact) mass is 274 g/mol. The van der Waals surface area contributed by atoms with E-state index in [2.05, 4.69) is 32.3 Å². The molecule has 1 saturated heterocycles. The Morgan fingerprint density at radius 2 is 2.36 bits per heavy atom. The largest absolute Gasteiger partial charge is 0.310 e. The summed E-state index contributed by atoms with van der Waals surface area (Å²) in [5.41, 5.74) is 1.22. The Bertz CT molecular complexity index is 324. The van der Waals surface area contributed by atoms with Crippen molar-refractivity contribution in [2.24, 2.45) is 0 Å². The summed E-state index contributed by atoms with van der Waals surface area (Å²) in [7, 11) is 0. The van der Waals surface area contributed by atoms with Gasteiger partial charge in [0.15, 0.2) is 0 Å². The van der Waals surface area contributed by atoms with Crippen LogP contribution < -0.4 is 5.32 Å². The number of rotatable bonds is 1. The molecule has 0 bridgehead atoms. The van der Waals surface area contributed by atoms with Crippen molar-refractivity contribution in [1.82, 2.24) is 10.3 Å². The van der Waals surface area contributed by atoms with Crippen molar-refractivity contribution < 1.29 is 0 Å². The van der Waals surface area contributed by atoms with Crippen molar-refractivity contribution in [3.8, 4) is 0 Å². The molecule has 14 heavy (non-hydrogen) atoms. The van der Waals surface area contributed by atoms with Crippen LogP contribution in [0.2, 0.25) is 5.15 Å². The summed E-state index contributed by atoms with van der Waals surface area (Å²) in [4.78, 5) is 4.13. The van der Waals surface area contributed by atoms with Gasteiger partial charge in [0.1, 0.15) is 5.15 Å². The maximum Gasteiger partial charge on any atom is 0.143 e. The number of hydrogen-bond acceptors (Lipinski definition) is 2. The fourth-order valence-corrected chi connectivity index (χ4v) is 2.23. The molecule has 1 fully saturated rings. The second kappa shape index (κ2) is 4.60. The number of halogens is 2. The number of hydrogen-bond donors (Lipinski definition) is 1. The number of pyridine rings is 1. The third-order valence-corrected chi connectivity index (χ3v) is 3.66. The van der Waals surface area contributed by atoms with E-state index in [1.165, 1.54) is 24.8 Å². The van der Waals surface area contributed by atoms with Gasteiger partial charge in [0.2, 0.25) is 0 Å². The van der Waals surface area contributed by atoms with Crippen LogP contribution in [0.25, 0.3) is 0 Å². The summed E-state index contributed by atoms with van der Waals surface area (Å²) < 4.78 is 0.879. The fourth-order valence-electron chi connectivity index (χ4n) is 1.76. The molecule has 0 radical (unpaired) electrons. The molecule has 1 unspecified atom stereocenters. The van der Waals surface area contributed by atoms with Gasteiger partial charge in [-0.1, -0.05) is 18.0 Å². The first-order chi connectivity index (χ1) is 6.77. The lowest BCUT2D eigenvalue weighted by Crippen LogP contribution is -2.26. The number of nitrogens with one attached hydrogen (secondary N) is 1. The van der Waals surface area contributed by atoms with E-state index < -0.39 is 0 Å². The molecule has 2 rings (SSSR count). The van der Waals surface area contributed by atoms with Gasteiger partial charge in [-0.15, -0.1) is 0 Å². The highest BCUT2D eigenvalue weighted by Gasteiger charge is 2.15.